The van der Waals surface area contributed by atoms with Crippen molar-refractivity contribution in [3.05, 3.63) is 0 Å². The highest BCUT2D eigenvalue weighted by Crippen LogP contribution is 2.24. The standard InChI is InChI=1S/C11H25NO3S/c1-10(11(2,3)4)9-12-16(14,15)8-6-5-7-13/h10,12-13H,5-9H2,1-4H3. The van der Waals surface area contributed by atoms with Gasteiger partial charge in [0.1, 0.15) is 0 Å². The van der Waals surface area contributed by atoms with Crippen LogP contribution in [0.1, 0.15) is 40.5 Å². The van der Waals surface area contributed by atoms with E-state index in [-0.39, 0.29) is 17.8 Å². The smallest absolute Gasteiger partial charge is 0.211 e. The van der Waals surface area contributed by atoms with Crippen molar-refractivity contribution in [3.8, 4) is 0 Å². The van der Waals surface area contributed by atoms with E-state index in [1.165, 1.54) is 0 Å². The zero-order valence-corrected chi connectivity index (χ0v) is 11.6. The van der Waals surface area contributed by atoms with Crippen LogP contribution in [0, 0.1) is 11.3 Å². The number of aliphatic hydroxyl groups is 1. The van der Waals surface area contributed by atoms with Crippen LogP contribution in [0.2, 0.25) is 0 Å². The number of rotatable bonds is 7. The molecule has 0 aliphatic carbocycles. The normalized spacial score (nSPS) is 15.1. The summed E-state index contributed by atoms with van der Waals surface area (Å²) >= 11 is 0. The Kier molecular flexibility index (Phi) is 6.51. The maximum Gasteiger partial charge on any atom is 0.211 e. The summed E-state index contributed by atoms with van der Waals surface area (Å²) in [6.45, 7) is 8.85. The highest BCUT2D eigenvalue weighted by molar-refractivity contribution is 7.89. The van der Waals surface area contributed by atoms with Gasteiger partial charge < -0.3 is 5.11 Å². The van der Waals surface area contributed by atoms with Gasteiger partial charge in [0.25, 0.3) is 0 Å². The Morgan fingerprint density at radius 1 is 1.25 bits per heavy atom. The van der Waals surface area contributed by atoms with Crippen molar-refractivity contribution in [2.24, 2.45) is 11.3 Å². The minimum atomic E-state index is -3.17. The third-order valence-electron chi connectivity index (χ3n) is 2.91. The topological polar surface area (TPSA) is 66.4 Å². The third kappa shape index (κ3) is 7.19. The van der Waals surface area contributed by atoms with Crippen molar-refractivity contribution in [2.75, 3.05) is 18.9 Å². The van der Waals surface area contributed by atoms with Crippen LogP contribution in [0.15, 0.2) is 0 Å². The molecule has 0 radical (unpaired) electrons. The van der Waals surface area contributed by atoms with E-state index in [9.17, 15) is 8.42 Å². The summed E-state index contributed by atoms with van der Waals surface area (Å²) in [6, 6.07) is 0. The van der Waals surface area contributed by atoms with Crippen molar-refractivity contribution in [2.45, 2.75) is 40.5 Å². The summed E-state index contributed by atoms with van der Waals surface area (Å²) in [5.41, 5.74) is 0.105. The van der Waals surface area contributed by atoms with E-state index >= 15 is 0 Å². The second-order valence-corrected chi connectivity index (χ2v) is 7.29. The fraction of sp³-hybridized carbons (Fsp3) is 1.00. The highest BCUT2D eigenvalue weighted by atomic mass is 32.2. The number of unbranched alkanes of at least 4 members (excludes halogenated alkanes) is 1. The quantitative estimate of drug-likeness (QED) is 0.671. The predicted molar refractivity (Wildman–Crippen MR) is 66.7 cm³/mol. The van der Waals surface area contributed by atoms with Crippen molar-refractivity contribution in [1.82, 2.24) is 4.72 Å². The molecule has 1 unspecified atom stereocenters. The van der Waals surface area contributed by atoms with E-state index in [4.69, 9.17) is 5.11 Å². The fourth-order valence-electron chi connectivity index (χ4n) is 1.03. The Balaban J connectivity index is 4.00. The van der Waals surface area contributed by atoms with Crippen molar-refractivity contribution in [1.29, 1.82) is 0 Å². The Morgan fingerprint density at radius 3 is 2.25 bits per heavy atom. The van der Waals surface area contributed by atoms with Crippen LogP contribution in [0.5, 0.6) is 0 Å². The van der Waals surface area contributed by atoms with Crippen LogP contribution in [-0.2, 0) is 10.0 Å². The highest BCUT2D eigenvalue weighted by Gasteiger charge is 2.21. The van der Waals surface area contributed by atoms with Gasteiger partial charge in [0.2, 0.25) is 10.0 Å². The lowest BCUT2D eigenvalue weighted by Gasteiger charge is -2.27. The van der Waals surface area contributed by atoms with Gasteiger partial charge in [-0.25, -0.2) is 13.1 Å². The predicted octanol–water partition coefficient (Wildman–Crippen LogP) is 1.36. The summed E-state index contributed by atoms with van der Waals surface area (Å²) in [5, 5.41) is 8.57. The molecule has 0 rings (SSSR count). The molecule has 0 saturated heterocycles. The van der Waals surface area contributed by atoms with Crippen LogP contribution in [0.4, 0.5) is 0 Å². The van der Waals surface area contributed by atoms with E-state index in [1.54, 1.807) is 0 Å². The van der Waals surface area contributed by atoms with Crippen LogP contribution in [-0.4, -0.2) is 32.4 Å². The van der Waals surface area contributed by atoms with Crippen molar-refractivity contribution >= 4 is 10.0 Å². The monoisotopic (exact) mass is 251 g/mol. The SMILES string of the molecule is CC(CNS(=O)(=O)CCCCO)C(C)(C)C. The molecular weight excluding hydrogens is 226 g/mol. The molecule has 0 saturated carbocycles. The average Bonchev–Trinajstić information content (AvgIpc) is 2.13. The van der Waals surface area contributed by atoms with Crippen molar-refractivity contribution in [3.63, 3.8) is 0 Å². The Morgan fingerprint density at radius 2 is 1.81 bits per heavy atom. The van der Waals surface area contributed by atoms with Gasteiger partial charge in [-0.1, -0.05) is 27.7 Å². The molecule has 5 heteroatoms. The lowest BCUT2D eigenvalue weighted by atomic mass is 9.82. The first kappa shape index (κ1) is 15.9. The molecule has 1 atom stereocenters. The number of sulfonamides is 1. The van der Waals surface area contributed by atoms with Gasteiger partial charge in [0, 0.05) is 13.2 Å². The fourth-order valence-corrected chi connectivity index (χ4v) is 2.27. The van der Waals surface area contributed by atoms with Gasteiger partial charge in [-0.3, -0.25) is 0 Å². The second-order valence-electron chi connectivity index (χ2n) is 5.37. The molecule has 4 nitrogen and oxygen atoms in total. The van der Waals surface area contributed by atoms with Gasteiger partial charge in [0.15, 0.2) is 0 Å². The van der Waals surface area contributed by atoms with Gasteiger partial charge >= 0.3 is 0 Å². The first-order valence-electron chi connectivity index (χ1n) is 5.77. The van der Waals surface area contributed by atoms with Gasteiger partial charge in [-0.15, -0.1) is 0 Å². The number of nitrogens with one attached hydrogen (secondary N) is 1. The van der Waals surface area contributed by atoms with Gasteiger partial charge in [0.05, 0.1) is 5.75 Å². The zero-order chi connectivity index (χ0) is 12.8. The second kappa shape index (κ2) is 6.57. The molecule has 0 amide bonds. The number of hydrogen-bond acceptors (Lipinski definition) is 3. The third-order valence-corrected chi connectivity index (χ3v) is 4.34. The summed E-state index contributed by atoms with van der Waals surface area (Å²) in [4.78, 5) is 0. The number of aliphatic hydroxyl groups excluding tert-OH is 1. The molecule has 98 valence electrons. The first-order valence-corrected chi connectivity index (χ1v) is 7.42. The Hall–Kier alpha value is -0.130. The molecule has 0 heterocycles. The van der Waals surface area contributed by atoms with Gasteiger partial charge in [-0.2, -0.15) is 0 Å². The van der Waals surface area contributed by atoms with E-state index in [0.29, 0.717) is 25.3 Å². The minimum absolute atomic E-state index is 0.0495. The van der Waals surface area contributed by atoms with Crippen LogP contribution < -0.4 is 4.72 Å². The molecule has 0 aliphatic heterocycles. The molecule has 0 spiro atoms. The van der Waals surface area contributed by atoms with Crippen LogP contribution in [0.3, 0.4) is 0 Å². The Bertz CT molecular complexity index is 280. The van der Waals surface area contributed by atoms with E-state index < -0.39 is 10.0 Å². The molecule has 2 N–H and O–H groups in total. The molecule has 16 heavy (non-hydrogen) atoms. The first-order chi connectivity index (χ1) is 7.19. The largest absolute Gasteiger partial charge is 0.396 e. The summed E-state index contributed by atoms with van der Waals surface area (Å²) < 4.78 is 25.7. The molecule has 0 aliphatic rings. The van der Waals surface area contributed by atoms with Crippen LogP contribution >= 0.6 is 0 Å². The lowest BCUT2D eigenvalue weighted by molar-refractivity contribution is 0.263. The maximum absolute atomic E-state index is 11.5. The zero-order valence-electron chi connectivity index (χ0n) is 10.8. The molecular formula is C11H25NO3S. The van der Waals surface area contributed by atoms with Crippen LogP contribution in [0.25, 0.3) is 0 Å². The van der Waals surface area contributed by atoms with E-state index in [2.05, 4.69) is 25.5 Å². The molecule has 0 aromatic heterocycles. The summed E-state index contributed by atoms with van der Waals surface area (Å²) in [6.07, 6.45) is 1.05. The molecule has 0 fully saturated rings. The van der Waals surface area contributed by atoms with E-state index in [0.717, 1.165) is 0 Å². The minimum Gasteiger partial charge on any atom is -0.396 e. The van der Waals surface area contributed by atoms with Gasteiger partial charge in [-0.05, 0) is 24.2 Å². The molecule has 0 aromatic rings. The van der Waals surface area contributed by atoms with Crippen molar-refractivity contribution < 1.29 is 13.5 Å². The Labute approximate surface area is 99.5 Å². The lowest BCUT2D eigenvalue weighted by Crippen LogP contribution is -2.35. The summed E-state index contributed by atoms with van der Waals surface area (Å²) in [5.74, 6) is 0.393. The average molecular weight is 251 g/mol. The molecule has 0 bridgehead atoms. The molecule has 0 aromatic carbocycles. The maximum atomic E-state index is 11.5. The van der Waals surface area contributed by atoms with E-state index in [1.807, 2.05) is 6.92 Å². The summed E-state index contributed by atoms with van der Waals surface area (Å²) in [7, 11) is -3.17. The number of hydrogen-bond donors (Lipinski definition) is 2.